The van der Waals surface area contributed by atoms with Crippen LogP contribution in [0.1, 0.15) is 11.7 Å². The number of benzene rings is 1. The minimum Gasteiger partial charge on any atom is -0.496 e. The van der Waals surface area contributed by atoms with Crippen LogP contribution >= 0.6 is 0 Å². The number of hydrogen-bond acceptors (Lipinski definition) is 3. The molecule has 0 aliphatic carbocycles. The number of aliphatic hydroxyl groups is 1. The van der Waals surface area contributed by atoms with Gasteiger partial charge in [0.05, 0.1) is 13.2 Å². The van der Waals surface area contributed by atoms with Crippen LogP contribution in [0.2, 0.25) is 0 Å². The average molecular weight is 185 g/mol. The number of methoxy groups -OCH3 is 1. The molecule has 0 fully saturated rings. The highest BCUT2D eigenvalue weighted by Crippen LogP contribution is 2.25. The Balaban J connectivity index is 3.07. The molecule has 1 rings (SSSR count). The minimum absolute atomic E-state index is 0.0415. The van der Waals surface area contributed by atoms with Gasteiger partial charge in [-0.25, -0.2) is 4.39 Å². The van der Waals surface area contributed by atoms with E-state index in [1.54, 1.807) is 0 Å². The van der Waals surface area contributed by atoms with Crippen molar-refractivity contribution < 1.29 is 14.2 Å². The summed E-state index contributed by atoms with van der Waals surface area (Å²) in [5, 5.41) is 9.39. The Morgan fingerprint density at radius 1 is 1.62 bits per heavy atom. The molecule has 0 bridgehead atoms. The Morgan fingerprint density at radius 2 is 2.31 bits per heavy atom. The topological polar surface area (TPSA) is 55.5 Å². The number of rotatable bonds is 3. The number of hydrogen-bond donors (Lipinski definition) is 2. The second-order valence-corrected chi connectivity index (χ2v) is 2.64. The maximum atomic E-state index is 12.8. The quantitative estimate of drug-likeness (QED) is 0.733. The van der Waals surface area contributed by atoms with E-state index in [2.05, 4.69) is 0 Å². The molecule has 1 atom stereocenters. The zero-order valence-electron chi connectivity index (χ0n) is 7.33. The Bertz CT molecular complexity index is 291. The molecule has 4 heteroatoms. The fourth-order valence-electron chi connectivity index (χ4n) is 1.09. The highest BCUT2D eigenvalue weighted by Gasteiger charge is 2.12. The first-order valence-electron chi connectivity index (χ1n) is 3.90. The van der Waals surface area contributed by atoms with Crippen molar-refractivity contribution in [2.24, 2.45) is 5.73 Å². The van der Waals surface area contributed by atoms with Crippen molar-refractivity contribution in [3.63, 3.8) is 0 Å². The minimum atomic E-state index is -0.884. The van der Waals surface area contributed by atoms with Crippen LogP contribution in [0, 0.1) is 5.82 Å². The molecule has 0 radical (unpaired) electrons. The van der Waals surface area contributed by atoms with Gasteiger partial charge in [0.1, 0.15) is 11.6 Å². The molecule has 3 N–H and O–H groups in total. The first-order valence-corrected chi connectivity index (χ1v) is 3.90. The average Bonchev–Trinajstić information content (AvgIpc) is 2.16. The predicted molar refractivity (Wildman–Crippen MR) is 47.0 cm³/mol. The van der Waals surface area contributed by atoms with Crippen LogP contribution < -0.4 is 10.5 Å². The van der Waals surface area contributed by atoms with Crippen molar-refractivity contribution in [1.29, 1.82) is 0 Å². The molecule has 1 unspecified atom stereocenters. The lowest BCUT2D eigenvalue weighted by Crippen LogP contribution is -2.12. The summed E-state index contributed by atoms with van der Waals surface area (Å²) in [5.41, 5.74) is 5.63. The molecule has 0 spiro atoms. The van der Waals surface area contributed by atoms with Crippen LogP contribution in [0.15, 0.2) is 18.2 Å². The van der Waals surface area contributed by atoms with Gasteiger partial charge in [0, 0.05) is 12.1 Å². The summed E-state index contributed by atoms with van der Waals surface area (Å²) < 4.78 is 17.7. The first kappa shape index (κ1) is 9.95. The maximum Gasteiger partial charge on any atom is 0.124 e. The highest BCUT2D eigenvalue weighted by atomic mass is 19.1. The van der Waals surface area contributed by atoms with Gasteiger partial charge in [-0.05, 0) is 18.2 Å². The van der Waals surface area contributed by atoms with Crippen LogP contribution in [0.3, 0.4) is 0 Å². The van der Waals surface area contributed by atoms with E-state index in [-0.39, 0.29) is 6.54 Å². The van der Waals surface area contributed by atoms with Gasteiger partial charge in [-0.2, -0.15) is 0 Å². The highest BCUT2D eigenvalue weighted by molar-refractivity contribution is 5.35. The molecule has 0 saturated heterocycles. The van der Waals surface area contributed by atoms with Gasteiger partial charge in [-0.1, -0.05) is 0 Å². The van der Waals surface area contributed by atoms with Crippen LogP contribution in [-0.4, -0.2) is 18.8 Å². The van der Waals surface area contributed by atoms with Crippen molar-refractivity contribution in [2.45, 2.75) is 6.10 Å². The number of halogens is 1. The third-order valence-corrected chi connectivity index (χ3v) is 1.77. The van der Waals surface area contributed by atoms with E-state index in [1.165, 1.54) is 25.3 Å². The Morgan fingerprint density at radius 3 is 2.85 bits per heavy atom. The van der Waals surface area contributed by atoms with Gasteiger partial charge in [0.2, 0.25) is 0 Å². The Labute approximate surface area is 75.9 Å². The molecule has 0 amide bonds. The van der Waals surface area contributed by atoms with Gasteiger partial charge >= 0.3 is 0 Å². The van der Waals surface area contributed by atoms with E-state index in [1.807, 2.05) is 0 Å². The molecule has 1 aromatic rings. The van der Waals surface area contributed by atoms with Crippen LogP contribution in [0.4, 0.5) is 4.39 Å². The third kappa shape index (κ3) is 2.17. The molecule has 72 valence electrons. The fraction of sp³-hybridized carbons (Fsp3) is 0.333. The summed E-state index contributed by atoms with van der Waals surface area (Å²) in [5.74, 6) is 0.0302. The molecule has 1 aromatic carbocycles. The molecule has 13 heavy (non-hydrogen) atoms. The summed E-state index contributed by atoms with van der Waals surface area (Å²) in [4.78, 5) is 0. The summed E-state index contributed by atoms with van der Waals surface area (Å²) in [6, 6.07) is 3.95. The molecule has 0 aliphatic rings. The Kier molecular flexibility index (Phi) is 3.22. The summed E-state index contributed by atoms with van der Waals surface area (Å²) >= 11 is 0. The number of ether oxygens (including phenoxy) is 1. The maximum absolute atomic E-state index is 12.8. The SMILES string of the molecule is COc1ccc(F)cc1C(O)CN. The molecule has 0 saturated carbocycles. The van der Waals surface area contributed by atoms with Crippen LogP contribution in [0.5, 0.6) is 5.75 Å². The molecular weight excluding hydrogens is 173 g/mol. The second-order valence-electron chi connectivity index (χ2n) is 2.64. The third-order valence-electron chi connectivity index (χ3n) is 1.77. The molecule has 3 nitrogen and oxygen atoms in total. The fourth-order valence-corrected chi connectivity index (χ4v) is 1.09. The van der Waals surface area contributed by atoms with Gasteiger partial charge in [0.25, 0.3) is 0 Å². The van der Waals surface area contributed by atoms with Crippen molar-refractivity contribution in [2.75, 3.05) is 13.7 Å². The van der Waals surface area contributed by atoms with E-state index in [0.29, 0.717) is 11.3 Å². The molecule has 0 heterocycles. The predicted octanol–water partition coefficient (Wildman–Crippen LogP) is 0.826. The van der Waals surface area contributed by atoms with E-state index in [4.69, 9.17) is 10.5 Å². The van der Waals surface area contributed by atoms with Gasteiger partial charge < -0.3 is 15.6 Å². The van der Waals surface area contributed by atoms with E-state index < -0.39 is 11.9 Å². The lowest BCUT2D eigenvalue weighted by molar-refractivity contribution is 0.181. The van der Waals surface area contributed by atoms with Gasteiger partial charge in [-0.3, -0.25) is 0 Å². The summed E-state index contributed by atoms with van der Waals surface area (Å²) in [6.07, 6.45) is -0.884. The lowest BCUT2D eigenvalue weighted by atomic mass is 10.1. The number of aliphatic hydroxyl groups excluding tert-OH is 1. The standard InChI is InChI=1S/C9H12FNO2/c1-13-9-3-2-6(10)4-7(9)8(12)5-11/h2-4,8,12H,5,11H2,1H3. The van der Waals surface area contributed by atoms with E-state index in [9.17, 15) is 9.50 Å². The number of nitrogens with two attached hydrogens (primary N) is 1. The molecule has 0 aromatic heterocycles. The monoisotopic (exact) mass is 185 g/mol. The largest absolute Gasteiger partial charge is 0.496 e. The zero-order chi connectivity index (χ0) is 9.84. The van der Waals surface area contributed by atoms with Crippen molar-refractivity contribution >= 4 is 0 Å². The lowest BCUT2D eigenvalue weighted by Gasteiger charge is -2.12. The molecular formula is C9H12FNO2. The molecule has 0 aliphatic heterocycles. The second kappa shape index (κ2) is 4.20. The normalized spacial score (nSPS) is 12.6. The smallest absolute Gasteiger partial charge is 0.124 e. The zero-order valence-corrected chi connectivity index (χ0v) is 7.33. The van der Waals surface area contributed by atoms with Crippen LogP contribution in [0.25, 0.3) is 0 Å². The van der Waals surface area contributed by atoms with E-state index >= 15 is 0 Å². The van der Waals surface area contributed by atoms with Gasteiger partial charge in [0.15, 0.2) is 0 Å². The van der Waals surface area contributed by atoms with Crippen molar-refractivity contribution in [1.82, 2.24) is 0 Å². The van der Waals surface area contributed by atoms with Crippen LogP contribution in [-0.2, 0) is 0 Å². The first-order chi connectivity index (χ1) is 6.19. The van der Waals surface area contributed by atoms with Crippen molar-refractivity contribution in [3.05, 3.63) is 29.6 Å². The van der Waals surface area contributed by atoms with E-state index in [0.717, 1.165) is 0 Å². The van der Waals surface area contributed by atoms with Crippen molar-refractivity contribution in [3.8, 4) is 5.75 Å². The van der Waals surface area contributed by atoms with Gasteiger partial charge in [-0.15, -0.1) is 0 Å². The summed E-state index contributed by atoms with van der Waals surface area (Å²) in [6.45, 7) is 0.0415. The summed E-state index contributed by atoms with van der Waals surface area (Å²) in [7, 11) is 1.46. The Hall–Kier alpha value is -1.13.